The van der Waals surface area contributed by atoms with Crippen LogP contribution in [0.15, 0.2) is 65.3 Å². The molecule has 194 valence electrons. The number of aliphatic imine (C=N–C) groups is 1. The average Bonchev–Trinajstić information content (AvgIpc) is 3.45. The summed E-state index contributed by atoms with van der Waals surface area (Å²) in [5.41, 5.74) is 6.81. The highest BCUT2D eigenvalue weighted by Gasteiger charge is 2.34. The largest absolute Gasteiger partial charge is 0.454 e. The van der Waals surface area contributed by atoms with Crippen molar-refractivity contribution in [2.45, 2.75) is 39.9 Å². The normalized spacial score (nSPS) is 16.1. The van der Waals surface area contributed by atoms with Crippen LogP contribution in [-0.4, -0.2) is 29.0 Å². The van der Waals surface area contributed by atoms with E-state index >= 15 is 0 Å². The summed E-state index contributed by atoms with van der Waals surface area (Å²) in [4.78, 5) is 33.0. The Labute approximate surface area is 226 Å². The SMILES string of the molecule is Cc1ccc(N2C(=O)/C(=C/c3ccc4c(c3)OCO4)N=C2SC(C)C(=O)Nc2c(C)cc(C)cc2C)cc1. The van der Waals surface area contributed by atoms with Crippen molar-refractivity contribution in [1.82, 2.24) is 0 Å². The van der Waals surface area contributed by atoms with Gasteiger partial charge in [0.15, 0.2) is 16.7 Å². The lowest BCUT2D eigenvalue weighted by molar-refractivity contribution is -0.115. The van der Waals surface area contributed by atoms with Crippen LogP contribution in [0.5, 0.6) is 11.5 Å². The number of nitrogens with one attached hydrogen (secondary N) is 1. The van der Waals surface area contributed by atoms with Gasteiger partial charge in [-0.1, -0.05) is 53.2 Å². The van der Waals surface area contributed by atoms with Crippen molar-refractivity contribution in [2.24, 2.45) is 4.99 Å². The van der Waals surface area contributed by atoms with Gasteiger partial charge >= 0.3 is 0 Å². The lowest BCUT2D eigenvalue weighted by Gasteiger charge is -2.21. The van der Waals surface area contributed by atoms with Gasteiger partial charge in [-0.25, -0.2) is 4.99 Å². The fraction of sp³-hybridized carbons (Fsp3) is 0.233. The first kappa shape index (κ1) is 25.6. The van der Waals surface area contributed by atoms with Gasteiger partial charge in [-0.2, -0.15) is 0 Å². The Bertz CT molecular complexity index is 1470. The number of hydrogen-bond donors (Lipinski definition) is 1. The number of thioether (sulfide) groups is 1. The van der Waals surface area contributed by atoms with Crippen LogP contribution in [0, 0.1) is 27.7 Å². The zero-order valence-electron chi connectivity index (χ0n) is 22.0. The predicted molar refractivity (Wildman–Crippen MR) is 153 cm³/mol. The third kappa shape index (κ3) is 5.17. The van der Waals surface area contributed by atoms with Crippen LogP contribution in [0.1, 0.15) is 34.7 Å². The van der Waals surface area contributed by atoms with E-state index in [0.29, 0.717) is 22.4 Å². The molecule has 2 heterocycles. The number of hydrogen-bond acceptors (Lipinski definition) is 6. The number of amides is 2. The molecule has 0 radical (unpaired) electrons. The summed E-state index contributed by atoms with van der Waals surface area (Å²) in [6.45, 7) is 9.99. The lowest BCUT2D eigenvalue weighted by atomic mass is 10.1. The zero-order chi connectivity index (χ0) is 27.0. The van der Waals surface area contributed by atoms with Crippen molar-refractivity contribution in [1.29, 1.82) is 0 Å². The smallest absolute Gasteiger partial charge is 0.283 e. The average molecular weight is 528 g/mol. The van der Waals surface area contributed by atoms with Crippen LogP contribution in [0.3, 0.4) is 0 Å². The number of anilines is 2. The van der Waals surface area contributed by atoms with Crippen molar-refractivity contribution in [3.63, 3.8) is 0 Å². The molecule has 0 saturated carbocycles. The van der Waals surface area contributed by atoms with E-state index in [2.05, 4.69) is 10.3 Å². The van der Waals surface area contributed by atoms with Crippen molar-refractivity contribution in [3.8, 4) is 11.5 Å². The Kier molecular flexibility index (Phi) is 6.99. The molecule has 0 aliphatic carbocycles. The van der Waals surface area contributed by atoms with Gasteiger partial charge in [0, 0.05) is 5.69 Å². The van der Waals surface area contributed by atoms with Gasteiger partial charge in [0.2, 0.25) is 12.7 Å². The number of amidine groups is 1. The van der Waals surface area contributed by atoms with Crippen molar-refractivity contribution >= 4 is 46.2 Å². The van der Waals surface area contributed by atoms with Crippen molar-refractivity contribution < 1.29 is 19.1 Å². The van der Waals surface area contributed by atoms with Gasteiger partial charge in [-0.15, -0.1) is 0 Å². The Morgan fingerprint density at radius 3 is 2.37 bits per heavy atom. The number of benzene rings is 3. The quantitative estimate of drug-likeness (QED) is 0.403. The van der Waals surface area contributed by atoms with Gasteiger partial charge < -0.3 is 14.8 Å². The summed E-state index contributed by atoms with van der Waals surface area (Å²) in [5, 5.41) is 3.02. The maximum absolute atomic E-state index is 13.6. The molecule has 0 saturated heterocycles. The van der Waals surface area contributed by atoms with Gasteiger partial charge in [0.25, 0.3) is 5.91 Å². The number of rotatable bonds is 5. The van der Waals surface area contributed by atoms with E-state index in [0.717, 1.165) is 33.5 Å². The molecule has 8 heteroatoms. The van der Waals surface area contributed by atoms with E-state index in [1.54, 1.807) is 11.0 Å². The van der Waals surface area contributed by atoms with Crippen molar-refractivity contribution in [3.05, 3.63) is 88.1 Å². The summed E-state index contributed by atoms with van der Waals surface area (Å²) < 4.78 is 10.9. The number of fused-ring (bicyclic) bond motifs is 1. The fourth-order valence-electron chi connectivity index (χ4n) is 4.47. The monoisotopic (exact) mass is 527 g/mol. The van der Waals surface area contributed by atoms with Gasteiger partial charge in [0.1, 0.15) is 5.70 Å². The van der Waals surface area contributed by atoms with E-state index in [1.165, 1.54) is 11.8 Å². The van der Waals surface area contributed by atoms with Crippen LogP contribution >= 0.6 is 11.8 Å². The van der Waals surface area contributed by atoms with Crippen LogP contribution in [0.4, 0.5) is 11.4 Å². The molecule has 0 fully saturated rings. The Hall–Kier alpha value is -4.04. The number of carbonyl (C=O) groups excluding carboxylic acids is 2. The molecule has 7 nitrogen and oxygen atoms in total. The second kappa shape index (κ2) is 10.4. The fourth-order valence-corrected chi connectivity index (χ4v) is 5.40. The number of ether oxygens (including phenoxy) is 2. The van der Waals surface area contributed by atoms with E-state index in [9.17, 15) is 9.59 Å². The third-order valence-corrected chi connectivity index (χ3v) is 7.45. The van der Waals surface area contributed by atoms with Crippen molar-refractivity contribution in [2.75, 3.05) is 17.0 Å². The van der Waals surface area contributed by atoms with Gasteiger partial charge in [-0.3, -0.25) is 14.5 Å². The Balaban J connectivity index is 1.43. The second-order valence-corrected chi connectivity index (χ2v) is 10.8. The molecule has 2 amide bonds. The third-order valence-electron chi connectivity index (χ3n) is 6.40. The summed E-state index contributed by atoms with van der Waals surface area (Å²) >= 11 is 1.25. The highest BCUT2D eigenvalue weighted by molar-refractivity contribution is 8.15. The standard InChI is InChI=1S/C30H29N3O4S/c1-17-6-9-23(10-7-17)33-29(35)24(14-22-8-11-25-26(15-22)37-16-36-25)31-30(33)38-21(5)28(34)32-27-19(3)12-18(2)13-20(27)4/h6-15,21H,16H2,1-5H3,(H,32,34)/b24-14-. The topological polar surface area (TPSA) is 80.2 Å². The minimum Gasteiger partial charge on any atom is -0.454 e. The highest BCUT2D eigenvalue weighted by Crippen LogP contribution is 2.35. The van der Waals surface area contributed by atoms with E-state index < -0.39 is 5.25 Å². The molecule has 3 aromatic carbocycles. The number of carbonyl (C=O) groups is 2. The number of nitrogens with zero attached hydrogens (tertiary/aromatic N) is 2. The first-order chi connectivity index (χ1) is 18.2. The Morgan fingerprint density at radius 2 is 1.66 bits per heavy atom. The minimum absolute atomic E-state index is 0.155. The molecule has 0 spiro atoms. The molecule has 2 aliphatic heterocycles. The summed E-state index contributed by atoms with van der Waals surface area (Å²) in [6, 6.07) is 17.3. The molecule has 0 aromatic heterocycles. The van der Waals surface area contributed by atoms with Crippen LogP contribution < -0.4 is 19.7 Å². The molecule has 1 atom stereocenters. The molecule has 1 N–H and O–H groups in total. The Morgan fingerprint density at radius 1 is 0.974 bits per heavy atom. The molecule has 5 rings (SSSR count). The van der Waals surface area contributed by atoms with Crippen LogP contribution in [-0.2, 0) is 9.59 Å². The summed E-state index contributed by atoms with van der Waals surface area (Å²) in [7, 11) is 0. The number of aryl methyl sites for hydroxylation is 4. The first-order valence-electron chi connectivity index (χ1n) is 12.4. The highest BCUT2D eigenvalue weighted by atomic mass is 32.2. The summed E-state index contributed by atoms with van der Waals surface area (Å²) in [6.07, 6.45) is 1.73. The van der Waals surface area contributed by atoms with Gasteiger partial charge in [-0.05, 0) is 81.7 Å². The summed E-state index contributed by atoms with van der Waals surface area (Å²) in [5.74, 6) is 0.889. The molecule has 38 heavy (non-hydrogen) atoms. The predicted octanol–water partition coefficient (Wildman–Crippen LogP) is 6.15. The lowest BCUT2D eigenvalue weighted by Crippen LogP contribution is -2.33. The second-order valence-electron chi connectivity index (χ2n) is 9.54. The van der Waals surface area contributed by atoms with E-state index in [1.807, 2.05) is 89.2 Å². The maximum atomic E-state index is 13.6. The van der Waals surface area contributed by atoms with Crippen LogP contribution in [0.2, 0.25) is 0 Å². The molecule has 3 aromatic rings. The zero-order valence-corrected chi connectivity index (χ0v) is 22.8. The maximum Gasteiger partial charge on any atom is 0.283 e. The van der Waals surface area contributed by atoms with E-state index in [4.69, 9.17) is 9.47 Å². The molecular weight excluding hydrogens is 498 g/mol. The molecule has 0 bridgehead atoms. The molecular formula is C30H29N3O4S. The molecule has 2 aliphatic rings. The molecule has 1 unspecified atom stereocenters. The van der Waals surface area contributed by atoms with Gasteiger partial charge in [0.05, 0.1) is 10.9 Å². The first-order valence-corrected chi connectivity index (χ1v) is 13.2. The minimum atomic E-state index is -0.500. The van der Waals surface area contributed by atoms with Crippen LogP contribution in [0.25, 0.3) is 6.08 Å². The van der Waals surface area contributed by atoms with E-state index in [-0.39, 0.29) is 24.3 Å².